The number of benzene rings is 1. The van der Waals surface area contributed by atoms with Gasteiger partial charge in [0.1, 0.15) is 0 Å². The summed E-state index contributed by atoms with van der Waals surface area (Å²) in [5.41, 5.74) is 7.91. The van der Waals surface area contributed by atoms with E-state index >= 15 is 0 Å². The molecule has 0 amide bonds. The molecule has 4 heteroatoms. The highest BCUT2D eigenvalue weighted by Crippen LogP contribution is 2.25. The number of rotatable bonds is 5. The lowest BCUT2D eigenvalue weighted by Gasteiger charge is -2.23. The Hall–Kier alpha value is -0.770. The van der Waals surface area contributed by atoms with Gasteiger partial charge in [-0.25, -0.2) is 0 Å². The van der Waals surface area contributed by atoms with E-state index in [1.54, 1.807) is 0 Å². The van der Waals surface area contributed by atoms with Crippen LogP contribution in [0.5, 0.6) is 0 Å². The molecule has 0 bridgehead atoms. The third kappa shape index (κ3) is 3.85. The number of nitrogens with two attached hydrogens (primary N) is 1. The maximum absolute atomic E-state index is 6.30. The van der Waals surface area contributed by atoms with Crippen LogP contribution in [0, 0.1) is 5.92 Å². The van der Waals surface area contributed by atoms with E-state index < -0.39 is 0 Å². The molecule has 1 fully saturated rings. The van der Waals surface area contributed by atoms with Gasteiger partial charge in [0.05, 0.1) is 0 Å². The molecule has 1 unspecified atom stereocenters. The molecule has 0 saturated carbocycles. The lowest BCUT2D eigenvalue weighted by Crippen LogP contribution is -2.27. The van der Waals surface area contributed by atoms with Crippen molar-refractivity contribution in [3.8, 4) is 0 Å². The van der Waals surface area contributed by atoms with Gasteiger partial charge in [-0.05, 0) is 56.6 Å². The Morgan fingerprint density at radius 3 is 2.84 bits per heavy atom. The van der Waals surface area contributed by atoms with Crippen LogP contribution in [-0.4, -0.2) is 45.2 Å². The van der Waals surface area contributed by atoms with Gasteiger partial charge in [0.25, 0.3) is 0 Å². The van der Waals surface area contributed by atoms with Crippen molar-refractivity contribution in [3.05, 3.63) is 28.8 Å². The minimum atomic E-state index is 0.642. The van der Waals surface area contributed by atoms with Crippen LogP contribution in [0.25, 0.3) is 0 Å². The lowest BCUT2D eigenvalue weighted by atomic mass is 10.1. The van der Waals surface area contributed by atoms with E-state index in [9.17, 15) is 0 Å². The molecular weight excluding hydrogens is 258 g/mol. The first-order valence-electron chi connectivity index (χ1n) is 6.98. The second-order valence-corrected chi connectivity index (χ2v) is 6.02. The summed E-state index contributed by atoms with van der Waals surface area (Å²) in [5, 5.41) is 0.832. The molecule has 1 saturated heterocycles. The second kappa shape index (κ2) is 6.60. The van der Waals surface area contributed by atoms with Gasteiger partial charge in [-0.2, -0.15) is 0 Å². The summed E-state index contributed by atoms with van der Waals surface area (Å²) in [6, 6.07) is 6.31. The van der Waals surface area contributed by atoms with Crippen molar-refractivity contribution >= 4 is 17.3 Å². The van der Waals surface area contributed by atoms with Crippen molar-refractivity contribution < 1.29 is 0 Å². The average molecular weight is 282 g/mol. The predicted molar refractivity (Wildman–Crippen MR) is 83.1 cm³/mol. The Balaban J connectivity index is 1.98. The van der Waals surface area contributed by atoms with Gasteiger partial charge in [0.2, 0.25) is 0 Å². The van der Waals surface area contributed by atoms with Gasteiger partial charge < -0.3 is 15.5 Å². The van der Waals surface area contributed by atoms with Crippen molar-refractivity contribution in [1.29, 1.82) is 0 Å². The van der Waals surface area contributed by atoms with Crippen molar-refractivity contribution in [2.45, 2.75) is 12.8 Å². The third-order valence-electron chi connectivity index (χ3n) is 3.91. The third-order valence-corrected chi connectivity index (χ3v) is 4.26. The normalized spacial score (nSPS) is 19.9. The molecule has 106 valence electrons. The molecule has 2 rings (SSSR count). The molecule has 1 aliphatic rings. The second-order valence-electron chi connectivity index (χ2n) is 5.61. The van der Waals surface area contributed by atoms with E-state index in [0.717, 1.165) is 29.5 Å². The molecule has 0 spiro atoms. The number of likely N-dealkylation sites (tertiary alicyclic amines) is 1. The Labute approximate surface area is 121 Å². The summed E-state index contributed by atoms with van der Waals surface area (Å²) >= 11 is 6.30. The molecule has 1 heterocycles. The summed E-state index contributed by atoms with van der Waals surface area (Å²) in [7, 11) is 4.34. The molecule has 1 aromatic carbocycles. The highest BCUT2D eigenvalue weighted by atomic mass is 35.5. The van der Waals surface area contributed by atoms with Crippen LogP contribution < -0.4 is 10.6 Å². The Morgan fingerprint density at radius 2 is 2.26 bits per heavy atom. The molecule has 1 aliphatic heterocycles. The Morgan fingerprint density at radius 1 is 1.47 bits per heavy atom. The summed E-state index contributed by atoms with van der Waals surface area (Å²) in [6.07, 6.45) is 2.13. The summed E-state index contributed by atoms with van der Waals surface area (Å²) in [6.45, 7) is 4.15. The molecule has 1 aromatic rings. The van der Waals surface area contributed by atoms with E-state index in [4.69, 9.17) is 17.3 Å². The van der Waals surface area contributed by atoms with Crippen molar-refractivity contribution in [2.24, 2.45) is 11.7 Å². The van der Waals surface area contributed by atoms with Crippen LogP contribution in [0.4, 0.5) is 5.69 Å². The number of anilines is 1. The monoisotopic (exact) mass is 281 g/mol. The maximum atomic E-state index is 6.30. The number of nitrogens with zero attached hydrogens (tertiary/aromatic N) is 2. The maximum Gasteiger partial charge on any atom is 0.0459 e. The van der Waals surface area contributed by atoms with Gasteiger partial charge in [0.15, 0.2) is 0 Å². The van der Waals surface area contributed by atoms with E-state index in [-0.39, 0.29) is 0 Å². The van der Waals surface area contributed by atoms with Crippen LogP contribution in [-0.2, 0) is 6.42 Å². The van der Waals surface area contributed by atoms with E-state index in [0.29, 0.717) is 6.54 Å². The highest BCUT2D eigenvalue weighted by Gasteiger charge is 2.21. The summed E-state index contributed by atoms with van der Waals surface area (Å²) in [4.78, 5) is 4.71. The van der Waals surface area contributed by atoms with Crippen LogP contribution in [0.3, 0.4) is 0 Å². The number of hydrogen-bond acceptors (Lipinski definition) is 3. The number of halogens is 1. The van der Waals surface area contributed by atoms with Crippen LogP contribution >= 0.6 is 11.6 Å². The highest BCUT2D eigenvalue weighted by molar-refractivity contribution is 6.31. The zero-order valence-corrected chi connectivity index (χ0v) is 12.7. The quantitative estimate of drug-likeness (QED) is 0.898. The Bertz CT molecular complexity index is 422. The molecule has 1 atom stereocenters. The van der Waals surface area contributed by atoms with Gasteiger partial charge >= 0.3 is 0 Å². The SMILES string of the molecule is CN1CCC(CN(C)c2ccc(CCN)c(Cl)c2)C1. The predicted octanol–water partition coefficient (Wildman–Crippen LogP) is 2.23. The standard InChI is InChI=1S/C15H24ClN3/c1-18-8-6-12(10-18)11-19(2)14-4-3-13(5-7-17)15(16)9-14/h3-4,9,12H,5-8,10-11,17H2,1-2H3. The smallest absolute Gasteiger partial charge is 0.0459 e. The first-order chi connectivity index (χ1) is 9.10. The molecule has 0 aliphatic carbocycles. The van der Waals surface area contributed by atoms with Crippen LogP contribution in [0.15, 0.2) is 18.2 Å². The minimum Gasteiger partial charge on any atom is -0.374 e. The van der Waals surface area contributed by atoms with Crippen molar-refractivity contribution in [1.82, 2.24) is 4.90 Å². The first-order valence-corrected chi connectivity index (χ1v) is 7.36. The number of hydrogen-bond donors (Lipinski definition) is 1. The molecule has 2 N–H and O–H groups in total. The van der Waals surface area contributed by atoms with Gasteiger partial charge in [-0.3, -0.25) is 0 Å². The van der Waals surface area contributed by atoms with E-state index in [2.05, 4.69) is 42.1 Å². The Kier molecular flexibility index (Phi) is 5.08. The summed E-state index contributed by atoms with van der Waals surface area (Å²) in [5.74, 6) is 0.762. The average Bonchev–Trinajstić information content (AvgIpc) is 2.77. The zero-order chi connectivity index (χ0) is 13.8. The van der Waals surface area contributed by atoms with Gasteiger partial charge in [-0.1, -0.05) is 17.7 Å². The fourth-order valence-corrected chi connectivity index (χ4v) is 3.07. The van der Waals surface area contributed by atoms with Crippen LogP contribution in [0.1, 0.15) is 12.0 Å². The first kappa shape index (κ1) is 14.6. The molecule has 3 nitrogen and oxygen atoms in total. The lowest BCUT2D eigenvalue weighted by molar-refractivity contribution is 0.396. The van der Waals surface area contributed by atoms with Crippen molar-refractivity contribution in [2.75, 3.05) is 45.2 Å². The van der Waals surface area contributed by atoms with Gasteiger partial charge in [-0.15, -0.1) is 0 Å². The van der Waals surface area contributed by atoms with Crippen LogP contribution in [0.2, 0.25) is 5.02 Å². The van der Waals surface area contributed by atoms with E-state index in [1.165, 1.54) is 25.2 Å². The molecule has 0 radical (unpaired) electrons. The van der Waals surface area contributed by atoms with Crippen molar-refractivity contribution in [3.63, 3.8) is 0 Å². The minimum absolute atomic E-state index is 0.642. The largest absolute Gasteiger partial charge is 0.374 e. The topological polar surface area (TPSA) is 32.5 Å². The fourth-order valence-electron chi connectivity index (χ4n) is 2.80. The fraction of sp³-hybridized carbons (Fsp3) is 0.600. The van der Waals surface area contributed by atoms with E-state index in [1.807, 2.05) is 0 Å². The molecular formula is C15H24ClN3. The zero-order valence-electron chi connectivity index (χ0n) is 11.9. The molecule has 19 heavy (non-hydrogen) atoms. The molecule has 0 aromatic heterocycles. The summed E-state index contributed by atoms with van der Waals surface area (Å²) < 4.78 is 0. The van der Waals surface area contributed by atoms with Gasteiger partial charge in [0, 0.05) is 30.8 Å².